The number of carbonyl (C=O) groups excluding carboxylic acids is 1. The normalized spacial score (nSPS) is 17.3. The lowest BCUT2D eigenvalue weighted by molar-refractivity contribution is -0.152. The van der Waals surface area contributed by atoms with E-state index in [1.54, 1.807) is 0 Å². The highest BCUT2D eigenvalue weighted by Crippen LogP contribution is 2.16. The highest BCUT2D eigenvalue weighted by molar-refractivity contribution is 7.90. The monoisotopic (exact) mass is 235 g/mol. The molecule has 0 aromatic carbocycles. The van der Waals surface area contributed by atoms with Gasteiger partial charge in [0.1, 0.15) is 9.84 Å². The van der Waals surface area contributed by atoms with Gasteiger partial charge < -0.3 is 10.0 Å². The van der Waals surface area contributed by atoms with Crippen molar-refractivity contribution in [3.05, 3.63) is 0 Å². The average molecular weight is 235 g/mol. The van der Waals surface area contributed by atoms with Crippen LogP contribution in [0.1, 0.15) is 6.42 Å². The van der Waals surface area contributed by atoms with Crippen LogP contribution in [0.3, 0.4) is 0 Å². The number of aliphatic carboxylic acids is 1. The van der Waals surface area contributed by atoms with E-state index in [2.05, 4.69) is 0 Å². The van der Waals surface area contributed by atoms with Gasteiger partial charge in [-0.05, 0) is 0 Å². The molecule has 0 saturated carbocycles. The largest absolute Gasteiger partial charge is 0.481 e. The van der Waals surface area contributed by atoms with Crippen molar-refractivity contribution in [2.75, 3.05) is 25.1 Å². The molecule has 0 radical (unpaired) electrons. The topological polar surface area (TPSA) is 91.8 Å². The van der Waals surface area contributed by atoms with E-state index in [0.29, 0.717) is 0 Å². The Hall–Kier alpha value is -1.11. The lowest BCUT2D eigenvalue weighted by Gasteiger charge is -2.36. The first kappa shape index (κ1) is 12.0. The average Bonchev–Trinajstić information content (AvgIpc) is 1.95. The number of carbonyl (C=O) groups is 2. The molecule has 0 aliphatic carbocycles. The van der Waals surface area contributed by atoms with Gasteiger partial charge in [0.25, 0.3) is 0 Å². The molecule has 15 heavy (non-hydrogen) atoms. The van der Waals surface area contributed by atoms with E-state index in [-0.39, 0.29) is 31.2 Å². The number of hydrogen-bond acceptors (Lipinski definition) is 4. The van der Waals surface area contributed by atoms with Crippen molar-refractivity contribution in [3.63, 3.8) is 0 Å². The number of sulfone groups is 1. The molecular weight excluding hydrogens is 222 g/mol. The second-order valence-electron chi connectivity index (χ2n) is 3.71. The van der Waals surface area contributed by atoms with E-state index in [1.807, 2.05) is 0 Å². The van der Waals surface area contributed by atoms with E-state index in [4.69, 9.17) is 5.11 Å². The van der Waals surface area contributed by atoms with Crippen LogP contribution in [0.4, 0.5) is 0 Å². The van der Waals surface area contributed by atoms with Gasteiger partial charge in [0.05, 0.1) is 11.7 Å². The van der Waals surface area contributed by atoms with Gasteiger partial charge in [-0.15, -0.1) is 0 Å². The van der Waals surface area contributed by atoms with Crippen LogP contribution in [0.15, 0.2) is 0 Å². The minimum absolute atomic E-state index is 0.0643. The molecule has 1 aliphatic heterocycles. The SMILES string of the molecule is CS(=O)(=O)CCC(=O)N1CC(C(=O)O)C1. The lowest BCUT2D eigenvalue weighted by atomic mass is 10.0. The molecule has 86 valence electrons. The molecule has 0 aromatic rings. The van der Waals surface area contributed by atoms with E-state index < -0.39 is 21.7 Å². The molecule has 1 amide bonds. The fourth-order valence-corrected chi connectivity index (χ4v) is 1.81. The van der Waals surface area contributed by atoms with Crippen LogP contribution in [0.25, 0.3) is 0 Å². The Balaban J connectivity index is 2.30. The number of amides is 1. The Morgan fingerprint density at radius 1 is 1.40 bits per heavy atom. The summed E-state index contributed by atoms with van der Waals surface area (Å²) >= 11 is 0. The summed E-state index contributed by atoms with van der Waals surface area (Å²) < 4.78 is 21.5. The maximum absolute atomic E-state index is 11.3. The molecule has 0 spiro atoms. The molecule has 1 rings (SSSR count). The third-order valence-corrected chi connectivity index (χ3v) is 3.22. The fourth-order valence-electron chi connectivity index (χ4n) is 1.27. The van der Waals surface area contributed by atoms with Crippen molar-refractivity contribution >= 4 is 21.7 Å². The van der Waals surface area contributed by atoms with Gasteiger partial charge in [-0.3, -0.25) is 9.59 Å². The molecule has 1 N–H and O–H groups in total. The molecule has 0 atom stereocenters. The summed E-state index contributed by atoms with van der Waals surface area (Å²) in [5.74, 6) is -1.88. The van der Waals surface area contributed by atoms with E-state index in [1.165, 1.54) is 4.90 Å². The maximum atomic E-state index is 11.3. The first-order chi connectivity index (χ1) is 6.79. The van der Waals surface area contributed by atoms with Crippen LogP contribution in [-0.4, -0.2) is 55.4 Å². The molecule has 1 fully saturated rings. The molecule has 1 aliphatic rings. The highest BCUT2D eigenvalue weighted by atomic mass is 32.2. The molecule has 0 unspecified atom stereocenters. The lowest BCUT2D eigenvalue weighted by Crippen LogP contribution is -2.53. The number of likely N-dealkylation sites (tertiary alicyclic amines) is 1. The van der Waals surface area contributed by atoms with E-state index >= 15 is 0 Å². The quantitative estimate of drug-likeness (QED) is 0.672. The van der Waals surface area contributed by atoms with Gasteiger partial charge in [0.15, 0.2) is 0 Å². The molecule has 1 saturated heterocycles. The molecule has 6 nitrogen and oxygen atoms in total. The molecule has 7 heteroatoms. The van der Waals surface area contributed by atoms with Crippen molar-refractivity contribution in [1.29, 1.82) is 0 Å². The summed E-state index contributed by atoms with van der Waals surface area (Å²) in [6.07, 6.45) is 1.00. The van der Waals surface area contributed by atoms with Gasteiger partial charge in [-0.25, -0.2) is 8.42 Å². The fraction of sp³-hybridized carbons (Fsp3) is 0.750. The second-order valence-corrected chi connectivity index (χ2v) is 5.97. The van der Waals surface area contributed by atoms with Gasteiger partial charge in [-0.1, -0.05) is 0 Å². The van der Waals surface area contributed by atoms with Gasteiger partial charge in [-0.2, -0.15) is 0 Å². The van der Waals surface area contributed by atoms with Gasteiger partial charge >= 0.3 is 5.97 Å². The number of carboxylic acid groups (broad SMARTS) is 1. The molecular formula is C8H13NO5S. The Labute approximate surface area is 87.8 Å². The zero-order valence-electron chi connectivity index (χ0n) is 8.34. The Bertz CT molecular complexity index is 368. The van der Waals surface area contributed by atoms with Crippen molar-refractivity contribution in [2.45, 2.75) is 6.42 Å². The Kier molecular flexibility index (Phi) is 3.33. The van der Waals surface area contributed by atoms with Crippen LogP contribution < -0.4 is 0 Å². The number of carboxylic acids is 1. The van der Waals surface area contributed by atoms with Crippen LogP contribution in [0.5, 0.6) is 0 Å². The van der Waals surface area contributed by atoms with E-state index in [9.17, 15) is 18.0 Å². The summed E-state index contributed by atoms with van der Waals surface area (Å²) in [7, 11) is -3.13. The number of hydrogen-bond donors (Lipinski definition) is 1. The Morgan fingerprint density at radius 3 is 2.33 bits per heavy atom. The van der Waals surface area contributed by atoms with E-state index in [0.717, 1.165) is 6.26 Å². The molecule has 0 bridgehead atoms. The van der Waals surface area contributed by atoms with Crippen LogP contribution in [0.2, 0.25) is 0 Å². The smallest absolute Gasteiger partial charge is 0.310 e. The number of nitrogens with zero attached hydrogens (tertiary/aromatic N) is 1. The van der Waals surface area contributed by atoms with Crippen molar-refractivity contribution in [3.8, 4) is 0 Å². The van der Waals surface area contributed by atoms with Crippen molar-refractivity contribution in [1.82, 2.24) is 4.90 Å². The predicted molar refractivity (Wildman–Crippen MR) is 52.0 cm³/mol. The van der Waals surface area contributed by atoms with Crippen molar-refractivity contribution < 1.29 is 23.1 Å². The summed E-state index contributed by atoms with van der Waals surface area (Å²) in [4.78, 5) is 23.1. The van der Waals surface area contributed by atoms with Crippen LogP contribution in [-0.2, 0) is 19.4 Å². The first-order valence-electron chi connectivity index (χ1n) is 4.48. The highest BCUT2D eigenvalue weighted by Gasteiger charge is 2.35. The zero-order valence-corrected chi connectivity index (χ0v) is 9.16. The summed E-state index contributed by atoms with van der Waals surface area (Å²) in [6, 6.07) is 0. The zero-order chi connectivity index (χ0) is 11.6. The van der Waals surface area contributed by atoms with Crippen molar-refractivity contribution in [2.24, 2.45) is 5.92 Å². The molecule has 1 heterocycles. The predicted octanol–water partition coefficient (Wildman–Crippen LogP) is -1.04. The summed E-state index contributed by atoms with van der Waals surface area (Å²) in [6.45, 7) is 0.385. The van der Waals surface area contributed by atoms with Gasteiger partial charge in [0, 0.05) is 25.8 Å². The second kappa shape index (κ2) is 4.18. The van der Waals surface area contributed by atoms with Crippen LogP contribution in [0, 0.1) is 5.92 Å². The summed E-state index contributed by atoms with van der Waals surface area (Å²) in [5, 5.41) is 8.56. The third kappa shape index (κ3) is 3.50. The minimum atomic E-state index is -3.13. The standard InChI is InChI=1S/C8H13NO5S/c1-15(13,14)3-2-7(10)9-4-6(5-9)8(11)12/h6H,2-5H2,1H3,(H,11,12). The number of rotatable bonds is 4. The maximum Gasteiger partial charge on any atom is 0.310 e. The van der Waals surface area contributed by atoms with Gasteiger partial charge in [0.2, 0.25) is 5.91 Å². The first-order valence-corrected chi connectivity index (χ1v) is 6.54. The Morgan fingerprint density at radius 2 is 1.93 bits per heavy atom. The third-order valence-electron chi connectivity index (χ3n) is 2.27. The minimum Gasteiger partial charge on any atom is -0.481 e. The molecule has 0 aromatic heterocycles. The van der Waals surface area contributed by atoms with Crippen LogP contribution >= 0.6 is 0 Å². The summed E-state index contributed by atoms with van der Waals surface area (Å²) in [5.41, 5.74) is 0.